The maximum absolute atomic E-state index is 6.01. The van der Waals surface area contributed by atoms with Crippen LogP contribution in [0, 0.1) is 0 Å². The van der Waals surface area contributed by atoms with E-state index in [1.807, 2.05) is 48.5 Å². The van der Waals surface area contributed by atoms with Gasteiger partial charge in [-0.05, 0) is 30.3 Å². The molecule has 106 valence electrons. The zero-order chi connectivity index (χ0) is 14.7. The largest absolute Gasteiger partial charge is 0.444 e. The molecule has 0 saturated carbocycles. The van der Waals surface area contributed by atoms with E-state index in [1.54, 1.807) is 18.0 Å². The molecule has 0 unspecified atom stereocenters. The molecule has 0 atom stereocenters. The Morgan fingerprint density at radius 1 is 1.14 bits per heavy atom. The predicted molar refractivity (Wildman–Crippen MR) is 87.4 cm³/mol. The third kappa shape index (κ3) is 3.40. The molecular weight excluding hydrogens is 304 g/mol. The van der Waals surface area contributed by atoms with Crippen LogP contribution in [0.4, 0.5) is 5.69 Å². The van der Waals surface area contributed by atoms with E-state index in [9.17, 15) is 0 Å². The number of halogens is 1. The Morgan fingerprint density at radius 2 is 1.95 bits per heavy atom. The van der Waals surface area contributed by atoms with E-state index in [0.29, 0.717) is 16.6 Å². The standard InChI is InChI=1S/C16H13ClN2OS/c17-14-8-13(6-7-15(14)18)21-10-12-9-20-16(19-12)11-4-2-1-3-5-11/h1-9H,10,18H2. The lowest BCUT2D eigenvalue weighted by Crippen LogP contribution is -1.86. The van der Waals surface area contributed by atoms with Gasteiger partial charge in [-0.3, -0.25) is 0 Å². The summed E-state index contributed by atoms with van der Waals surface area (Å²) in [7, 11) is 0. The van der Waals surface area contributed by atoms with E-state index in [1.165, 1.54) is 0 Å². The lowest BCUT2D eigenvalue weighted by Gasteiger charge is -2.02. The van der Waals surface area contributed by atoms with Crippen molar-refractivity contribution in [3.8, 4) is 11.5 Å². The number of hydrogen-bond acceptors (Lipinski definition) is 4. The van der Waals surface area contributed by atoms with Gasteiger partial charge in [0.15, 0.2) is 0 Å². The maximum atomic E-state index is 6.01. The highest BCUT2D eigenvalue weighted by Gasteiger charge is 2.07. The van der Waals surface area contributed by atoms with Gasteiger partial charge in [-0.1, -0.05) is 29.8 Å². The molecule has 3 nitrogen and oxygen atoms in total. The molecule has 0 aliphatic rings. The summed E-state index contributed by atoms with van der Waals surface area (Å²) in [6.45, 7) is 0. The van der Waals surface area contributed by atoms with Crippen molar-refractivity contribution in [1.29, 1.82) is 0 Å². The van der Waals surface area contributed by atoms with Gasteiger partial charge in [0, 0.05) is 16.2 Å². The van der Waals surface area contributed by atoms with Crippen molar-refractivity contribution in [1.82, 2.24) is 4.98 Å². The molecule has 0 saturated heterocycles. The molecule has 1 heterocycles. The van der Waals surface area contributed by atoms with Crippen LogP contribution < -0.4 is 5.73 Å². The first kappa shape index (κ1) is 14.0. The molecule has 1 aromatic heterocycles. The van der Waals surface area contributed by atoms with Crippen molar-refractivity contribution in [2.24, 2.45) is 0 Å². The van der Waals surface area contributed by atoms with E-state index < -0.39 is 0 Å². The van der Waals surface area contributed by atoms with E-state index in [2.05, 4.69) is 4.98 Å². The third-order valence-corrected chi connectivity index (χ3v) is 4.29. The van der Waals surface area contributed by atoms with Gasteiger partial charge in [0.25, 0.3) is 0 Å². The zero-order valence-corrected chi connectivity index (χ0v) is 12.7. The average Bonchev–Trinajstić information content (AvgIpc) is 2.98. The van der Waals surface area contributed by atoms with Crippen LogP contribution in [0.2, 0.25) is 5.02 Å². The average molecular weight is 317 g/mol. The Balaban J connectivity index is 1.69. The number of hydrogen-bond donors (Lipinski definition) is 1. The van der Waals surface area contributed by atoms with Crippen molar-refractivity contribution < 1.29 is 4.42 Å². The van der Waals surface area contributed by atoms with Gasteiger partial charge >= 0.3 is 0 Å². The number of rotatable bonds is 4. The molecule has 0 fully saturated rings. The summed E-state index contributed by atoms with van der Waals surface area (Å²) in [5.41, 5.74) is 8.16. The van der Waals surface area contributed by atoms with Gasteiger partial charge in [-0.15, -0.1) is 11.8 Å². The lowest BCUT2D eigenvalue weighted by atomic mass is 10.2. The van der Waals surface area contributed by atoms with Crippen molar-refractivity contribution in [3.63, 3.8) is 0 Å². The summed E-state index contributed by atoms with van der Waals surface area (Å²) in [4.78, 5) is 5.54. The molecule has 0 aliphatic carbocycles. The predicted octanol–water partition coefficient (Wildman–Crippen LogP) is 4.87. The van der Waals surface area contributed by atoms with Crippen molar-refractivity contribution >= 4 is 29.1 Å². The van der Waals surface area contributed by atoms with Crippen molar-refractivity contribution in [3.05, 3.63) is 65.5 Å². The summed E-state index contributed by atoms with van der Waals surface area (Å²) < 4.78 is 5.51. The third-order valence-electron chi connectivity index (χ3n) is 2.93. The number of nitrogens with two attached hydrogens (primary N) is 1. The molecule has 0 bridgehead atoms. The second kappa shape index (κ2) is 6.24. The zero-order valence-electron chi connectivity index (χ0n) is 11.1. The molecule has 0 spiro atoms. The monoisotopic (exact) mass is 316 g/mol. The molecule has 21 heavy (non-hydrogen) atoms. The molecular formula is C16H13ClN2OS. The van der Waals surface area contributed by atoms with E-state index in [-0.39, 0.29) is 0 Å². The Labute approximate surface area is 132 Å². The van der Waals surface area contributed by atoms with Gasteiger partial charge in [0.1, 0.15) is 6.26 Å². The van der Waals surface area contributed by atoms with Gasteiger partial charge in [-0.25, -0.2) is 4.98 Å². The van der Waals surface area contributed by atoms with E-state index >= 15 is 0 Å². The Hall–Kier alpha value is -1.91. The van der Waals surface area contributed by atoms with Gasteiger partial charge in [0.05, 0.1) is 16.4 Å². The number of anilines is 1. The van der Waals surface area contributed by atoms with Gasteiger partial charge in [-0.2, -0.15) is 0 Å². The van der Waals surface area contributed by atoms with Crippen molar-refractivity contribution in [2.75, 3.05) is 5.73 Å². The van der Waals surface area contributed by atoms with Crippen LogP contribution >= 0.6 is 23.4 Å². The number of nitrogens with zero attached hydrogens (tertiary/aromatic N) is 1. The van der Waals surface area contributed by atoms with Crippen LogP contribution in [0.3, 0.4) is 0 Å². The number of aromatic nitrogens is 1. The molecule has 3 aromatic rings. The molecule has 5 heteroatoms. The minimum atomic E-state index is 0.574. The topological polar surface area (TPSA) is 52.0 Å². The highest BCUT2D eigenvalue weighted by Crippen LogP contribution is 2.29. The molecule has 0 amide bonds. The fraction of sp³-hybridized carbons (Fsp3) is 0.0625. The number of nitrogen functional groups attached to an aromatic ring is 1. The molecule has 0 aliphatic heterocycles. The summed E-state index contributed by atoms with van der Waals surface area (Å²) >= 11 is 7.65. The number of thioether (sulfide) groups is 1. The summed E-state index contributed by atoms with van der Waals surface area (Å²) in [5, 5.41) is 0.574. The first-order valence-electron chi connectivity index (χ1n) is 6.40. The van der Waals surface area contributed by atoms with Crippen LogP contribution in [0.5, 0.6) is 0 Å². The lowest BCUT2D eigenvalue weighted by molar-refractivity contribution is 0.573. The van der Waals surface area contributed by atoms with Crippen molar-refractivity contribution in [2.45, 2.75) is 10.6 Å². The Bertz CT molecular complexity index is 743. The van der Waals surface area contributed by atoms with E-state index in [0.717, 1.165) is 21.9 Å². The fourth-order valence-corrected chi connectivity index (χ4v) is 2.90. The summed E-state index contributed by atoms with van der Waals surface area (Å²) in [6, 6.07) is 15.5. The summed E-state index contributed by atoms with van der Waals surface area (Å²) in [5.74, 6) is 1.36. The Morgan fingerprint density at radius 3 is 2.71 bits per heavy atom. The highest BCUT2D eigenvalue weighted by atomic mass is 35.5. The van der Waals surface area contributed by atoms with Crippen LogP contribution in [-0.4, -0.2) is 4.98 Å². The SMILES string of the molecule is Nc1ccc(SCc2coc(-c3ccccc3)n2)cc1Cl. The molecule has 2 aromatic carbocycles. The van der Waals surface area contributed by atoms with Crippen LogP contribution in [0.15, 0.2) is 64.1 Å². The first-order valence-corrected chi connectivity index (χ1v) is 7.76. The number of oxazole rings is 1. The molecule has 2 N–H and O–H groups in total. The maximum Gasteiger partial charge on any atom is 0.226 e. The smallest absolute Gasteiger partial charge is 0.226 e. The fourth-order valence-electron chi connectivity index (χ4n) is 1.84. The first-order chi connectivity index (χ1) is 10.2. The highest BCUT2D eigenvalue weighted by molar-refractivity contribution is 7.98. The Kier molecular flexibility index (Phi) is 4.18. The molecule has 3 rings (SSSR count). The molecule has 0 radical (unpaired) electrons. The number of benzene rings is 2. The quantitative estimate of drug-likeness (QED) is 0.551. The van der Waals surface area contributed by atoms with Crippen LogP contribution in [0.25, 0.3) is 11.5 Å². The normalized spacial score (nSPS) is 10.7. The van der Waals surface area contributed by atoms with Crippen LogP contribution in [0.1, 0.15) is 5.69 Å². The van der Waals surface area contributed by atoms with Gasteiger partial charge < -0.3 is 10.2 Å². The minimum absolute atomic E-state index is 0.574. The summed E-state index contributed by atoms with van der Waals surface area (Å²) in [6.07, 6.45) is 1.69. The second-order valence-electron chi connectivity index (χ2n) is 4.48. The van der Waals surface area contributed by atoms with E-state index in [4.69, 9.17) is 21.8 Å². The minimum Gasteiger partial charge on any atom is -0.444 e. The van der Waals surface area contributed by atoms with Crippen LogP contribution in [-0.2, 0) is 5.75 Å². The van der Waals surface area contributed by atoms with Gasteiger partial charge in [0.2, 0.25) is 5.89 Å². The second-order valence-corrected chi connectivity index (χ2v) is 5.94.